The van der Waals surface area contributed by atoms with Crippen LogP contribution in [0.4, 0.5) is 0 Å². The van der Waals surface area contributed by atoms with Crippen molar-refractivity contribution >= 4 is 0 Å². The van der Waals surface area contributed by atoms with Crippen LogP contribution in [-0.2, 0) is 4.74 Å². The second-order valence-corrected chi connectivity index (χ2v) is 4.54. The fourth-order valence-corrected chi connectivity index (χ4v) is 1.50. The zero-order valence-electron chi connectivity index (χ0n) is 10.7. The van der Waals surface area contributed by atoms with Crippen molar-refractivity contribution in [2.45, 2.75) is 45.6 Å². The van der Waals surface area contributed by atoms with Crippen molar-refractivity contribution in [3.63, 3.8) is 0 Å². The summed E-state index contributed by atoms with van der Waals surface area (Å²) in [5.74, 6) is 0.279. The number of methoxy groups -OCH3 is 1. The van der Waals surface area contributed by atoms with Crippen LogP contribution in [0, 0.1) is 5.92 Å². The Balaban J connectivity index is 3.72. The third kappa shape index (κ3) is 6.88. The predicted octanol–water partition coefficient (Wildman–Crippen LogP) is 1.80. The lowest BCUT2D eigenvalue weighted by Gasteiger charge is -2.30. The molecule has 0 saturated heterocycles. The fourth-order valence-electron chi connectivity index (χ4n) is 1.50. The molecule has 0 aliphatic heterocycles. The van der Waals surface area contributed by atoms with Gasteiger partial charge < -0.3 is 15.2 Å². The summed E-state index contributed by atoms with van der Waals surface area (Å²) in [6, 6.07) is 0. The van der Waals surface area contributed by atoms with E-state index >= 15 is 0 Å². The van der Waals surface area contributed by atoms with Crippen LogP contribution in [0.15, 0.2) is 0 Å². The van der Waals surface area contributed by atoms with Gasteiger partial charge in [0.05, 0.1) is 5.60 Å². The van der Waals surface area contributed by atoms with E-state index < -0.39 is 5.60 Å². The van der Waals surface area contributed by atoms with Crippen LogP contribution in [0.5, 0.6) is 0 Å². The molecule has 0 rings (SSSR count). The summed E-state index contributed by atoms with van der Waals surface area (Å²) in [4.78, 5) is 0. The van der Waals surface area contributed by atoms with Crippen LogP contribution in [0.1, 0.15) is 40.0 Å². The van der Waals surface area contributed by atoms with Crippen LogP contribution in [0.2, 0.25) is 0 Å². The van der Waals surface area contributed by atoms with Crippen LogP contribution < -0.4 is 5.32 Å². The normalized spacial score (nSPS) is 17.4. The van der Waals surface area contributed by atoms with E-state index in [2.05, 4.69) is 19.2 Å². The highest BCUT2D eigenvalue weighted by Crippen LogP contribution is 2.23. The van der Waals surface area contributed by atoms with Crippen LogP contribution in [0.25, 0.3) is 0 Å². The highest BCUT2D eigenvalue weighted by Gasteiger charge is 2.27. The van der Waals surface area contributed by atoms with E-state index in [0.717, 1.165) is 39.0 Å². The van der Waals surface area contributed by atoms with Gasteiger partial charge in [-0.05, 0) is 45.2 Å². The maximum Gasteiger partial charge on any atom is 0.0658 e. The summed E-state index contributed by atoms with van der Waals surface area (Å²) in [7, 11) is 1.70. The first kappa shape index (κ1) is 14.9. The number of aliphatic hydroxyl groups is 1. The lowest BCUT2D eigenvalue weighted by Crippen LogP contribution is -2.37. The molecule has 0 aliphatic carbocycles. The Morgan fingerprint density at radius 1 is 1.40 bits per heavy atom. The Morgan fingerprint density at radius 3 is 2.60 bits per heavy atom. The molecule has 2 atom stereocenters. The van der Waals surface area contributed by atoms with Gasteiger partial charge in [0.15, 0.2) is 0 Å². The van der Waals surface area contributed by atoms with Crippen molar-refractivity contribution in [2.75, 3.05) is 26.8 Å². The van der Waals surface area contributed by atoms with Crippen molar-refractivity contribution in [1.29, 1.82) is 0 Å². The minimum Gasteiger partial charge on any atom is -0.390 e. The summed E-state index contributed by atoms with van der Waals surface area (Å²) in [6.07, 6.45) is 2.86. The van der Waals surface area contributed by atoms with Gasteiger partial charge in [-0.3, -0.25) is 0 Å². The summed E-state index contributed by atoms with van der Waals surface area (Å²) in [5.41, 5.74) is -0.584. The number of rotatable bonds is 9. The Labute approximate surface area is 94.2 Å². The average molecular weight is 217 g/mol. The topological polar surface area (TPSA) is 41.5 Å². The zero-order chi connectivity index (χ0) is 11.7. The van der Waals surface area contributed by atoms with Gasteiger partial charge in [0.1, 0.15) is 0 Å². The summed E-state index contributed by atoms with van der Waals surface area (Å²) >= 11 is 0. The summed E-state index contributed by atoms with van der Waals surface area (Å²) in [6.45, 7) is 8.78. The first-order valence-electron chi connectivity index (χ1n) is 5.96. The van der Waals surface area contributed by atoms with E-state index in [1.165, 1.54) is 0 Å². The van der Waals surface area contributed by atoms with Crippen molar-refractivity contribution < 1.29 is 9.84 Å². The number of hydrogen-bond acceptors (Lipinski definition) is 3. The van der Waals surface area contributed by atoms with E-state index in [9.17, 15) is 5.11 Å². The summed E-state index contributed by atoms with van der Waals surface area (Å²) in [5, 5.41) is 13.5. The van der Waals surface area contributed by atoms with Gasteiger partial charge in [-0.25, -0.2) is 0 Å². The molecule has 3 heteroatoms. The molecule has 2 N–H and O–H groups in total. The first-order chi connectivity index (χ1) is 7.04. The largest absolute Gasteiger partial charge is 0.390 e. The number of ether oxygens (including phenoxy) is 1. The standard InChI is InChI=1S/C12H27NO2/c1-5-8-13-9-7-12(3,14)11(2)6-10-15-4/h11,13-14H,5-10H2,1-4H3. The molecule has 92 valence electrons. The van der Waals surface area contributed by atoms with Crippen LogP contribution in [0.3, 0.4) is 0 Å². The van der Waals surface area contributed by atoms with Gasteiger partial charge in [0.25, 0.3) is 0 Å². The lowest BCUT2D eigenvalue weighted by atomic mass is 9.85. The van der Waals surface area contributed by atoms with E-state index in [1.54, 1.807) is 7.11 Å². The zero-order valence-corrected chi connectivity index (χ0v) is 10.7. The highest BCUT2D eigenvalue weighted by atomic mass is 16.5. The molecular weight excluding hydrogens is 190 g/mol. The monoisotopic (exact) mass is 217 g/mol. The molecule has 0 spiro atoms. The van der Waals surface area contributed by atoms with Crippen LogP contribution >= 0.6 is 0 Å². The molecule has 0 heterocycles. The second-order valence-electron chi connectivity index (χ2n) is 4.54. The molecule has 0 radical (unpaired) electrons. The minimum atomic E-state index is -0.584. The van der Waals surface area contributed by atoms with Crippen LogP contribution in [-0.4, -0.2) is 37.5 Å². The predicted molar refractivity (Wildman–Crippen MR) is 64.1 cm³/mol. The third-order valence-electron chi connectivity index (χ3n) is 3.05. The first-order valence-corrected chi connectivity index (χ1v) is 5.96. The Morgan fingerprint density at radius 2 is 2.07 bits per heavy atom. The molecule has 0 aromatic carbocycles. The van der Waals surface area contributed by atoms with Gasteiger partial charge in [-0.2, -0.15) is 0 Å². The average Bonchev–Trinajstić information content (AvgIpc) is 2.21. The molecular formula is C12H27NO2. The molecule has 0 fully saturated rings. The van der Waals surface area contributed by atoms with E-state index in [1.807, 2.05) is 6.92 Å². The minimum absolute atomic E-state index is 0.279. The smallest absolute Gasteiger partial charge is 0.0658 e. The second kappa shape index (κ2) is 8.08. The molecule has 0 saturated carbocycles. The van der Waals surface area contributed by atoms with Gasteiger partial charge in [-0.15, -0.1) is 0 Å². The van der Waals surface area contributed by atoms with Crippen molar-refractivity contribution in [3.05, 3.63) is 0 Å². The fraction of sp³-hybridized carbons (Fsp3) is 1.00. The number of nitrogens with one attached hydrogen (secondary N) is 1. The van der Waals surface area contributed by atoms with E-state index in [4.69, 9.17) is 4.74 Å². The van der Waals surface area contributed by atoms with Gasteiger partial charge >= 0.3 is 0 Å². The van der Waals surface area contributed by atoms with E-state index in [0.29, 0.717) is 0 Å². The Kier molecular flexibility index (Phi) is 8.02. The van der Waals surface area contributed by atoms with Crippen molar-refractivity contribution in [2.24, 2.45) is 5.92 Å². The SMILES string of the molecule is CCCNCCC(C)(O)C(C)CCOC. The maximum absolute atomic E-state index is 10.2. The van der Waals surface area contributed by atoms with Gasteiger partial charge in [-0.1, -0.05) is 13.8 Å². The highest BCUT2D eigenvalue weighted by molar-refractivity contribution is 4.79. The van der Waals surface area contributed by atoms with Crippen molar-refractivity contribution in [1.82, 2.24) is 5.32 Å². The summed E-state index contributed by atoms with van der Waals surface area (Å²) < 4.78 is 5.02. The van der Waals surface area contributed by atoms with Gasteiger partial charge in [0.2, 0.25) is 0 Å². The van der Waals surface area contributed by atoms with E-state index in [-0.39, 0.29) is 5.92 Å². The molecule has 2 unspecified atom stereocenters. The molecule has 3 nitrogen and oxygen atoms in total. The molecule has 0 amide bonds. The lowest BCUT2D eigenvalue weighted by molar-refractivity contribution is -0.0126. The molecule has 0 aromatic rings. The molecule has 0 aromatic heterocycles. The number of hydrogen-bond donors (Lipinski definition) is 2. The maximum atomic E-state index is 10.2. The quantitative estimate of drug-likeness (QED) is 0.579. The molecule has 0 bridgehead atoms. The Hall–Kier alpha value is -0.120. The third-order valence-corrected chi connectivity index (χ3v) is 3.05. The van der Waals surface area contributed by atoms with Gasteiger partial charge in [0, 0.05) is 13.7 Å². The molecule has 15 heavy (non-hydrogen) atoms. The molecule has 0 aliphatic rings. The Bertz CT molecular complexity index is 149. The van der Waals surface area contributed by atoms with Crippen molar-refractivity contribution in [3.8, 4) is 0 Å².